The Labute approximate surface area is 171 Å². The molecule has 0 atom stereocenters. The summed E-state index contributed by atoms with van der Waals surface area (Å²) in [5.74, 6) is 1.82. The Morgan fingerprint density at radius 1 is 1.11 bits per heavy atom. The summed E-state index contributed by atoms with van der Waals surface area (Å²) in [6.07, 6.45) is 5.98. The summed E-state index contributed by atoms with van der Waals surface area (Å²) in [6, 6.07) is 10.1. The highest BCUT2D eigenvalue weighted by Crippen LogP contribution is 2.48. The van der Waals surface area contributed by atoms with Crippen LogP contribution in [-0.4, -0.2) is 60.1 Å². The summed E-state index contributed by atoms with van der Waals surface area (Å²) < 4.78 is 0. The first-order valence-electron chi connectivity index (χ1n) is 10.0. The quantitative estimate of drug-likeness (QED) is 0.619. The number of benzene rings is 1. The van der Waals surface area contributed by atoms with Gasteiger partial charge < -0.3 is 15.1 Å². The molecule has 1 aliphatic heterocycles. The van der Waals surface area contributed by atoms with E-state index in [2.05, 4.69) is 44.1 Å². The number of halogens is 1. The number of guanidine groups is 1. The molecule has 1 aromatic heterocycles. The van der Waals surface area contributed by atoms with Crippen molar-refractivity contribution in [3.05, 3.63) is 53.3 Å². The van der Waals surface area contributed by atoms with Crippen LogP contribution in [0.2, 0.25) is 5.02 Å². The van der Waals surface area contributed by atoms with Crippen molar-refractivity contribution in [3.8, 4) is 0 Å². The molecule has 0 spiro atoms. The maximum atomic E-state index is 6.05. The van der Waals surface area contributed by atoms with Gasteiger partial charge in [-0.3, -0.25) is 4.99 Å². The van der Waals surface area contributed by atoms with E-state index in [-0.39, 0.29) is 5.41 Å². The lowest BCUT2D eigenvalue weighted by Crippen LogP contribution is -2.53. The van der Waals surface area contributed by atoms with Crippen molar-refractivity contribution in [1.82, 2.24) is 20.2 Å². The molecule has 1 saturated carbocycles. The van der Waals surface area contributed by atoms with Crippen molar-refractivity contribution in [2.24, 2.45) is 4.99 Å². The van der Waals surface area contributed by atoms with E-state index in [4.69, 9.17) is 16.6 Å². The first-order chi connectivity index (χ1) is 13.7. The van der Waals surface area contributed by atoms with Crippen LogP contribution in [0.1, 0.15) is 25.3 Å². The summed E-state index contributed by atoms with van der Waals surface area (Å²) >= 11 is 6.05. The van der Waals surface area contributed by atoms with E-state index in [1.54, 1.807) is 12.4 Å². The minimum absolute atomic E-state index is 0.185. The smallest absolute Gasteiger partial charge is 0.225 e. The van der Waals surface area contributed by atoms with E-state index in [9.17, 15) is 0 Å². The molecule has 2 aliphatic rings. The van der Waals surface area contributed by atoms with Crippen LogP contribution in [0.4, 0.5) is 5.95 Å². The molecular weight excluding hydrogens is 372 g/mol. The van der Waals surface area contributed by atoms with E-state index in [1.165, 1.54) is 18.4 Å². The van der Waals surface area contributed by atoms with Gasteiger partial charge in [0.2, 0.25) is 5.95 Å². The average Bonchev–Trinajstić information content (AvgIpc) is 3.53. The topological polar surface area (TPSA) is 56.7 Å². The molecular formula is C21H27ClN6. The van der Waals surface area contributed by atoms with Gasteiger partial charge in [0.25, 0.3) is 0 Å². The molecule has 2 fully saturated rings. The number of nitrogens with zero attached hydrogens (tertiary/aromatic N) is 5. The number of anilines is 1. The number of aliphatic imine (C=N–C) groups is 1. The van der Waals surface area contributed by atoms with Crippen LogP contribution >= 0.6 is 11.6 Å². The first-order valence-corrected chi connectivity index (χ1v) is 10.4. The molecule has 148 valence electrons. The Morgan fingerprint density at radius 2 is 1.79 bits per heavy atom. The van der Waals surface area contributed by atoms with Crippen molar-refractivity contribution in [3.63, 3.8) is 0 Å². The predicted octanol–water partition coefficient (Wildman–Crippen LogP) is 2.95. The zero-order valence-corrected chi connectivity index (χ0v) is 17.1. The highest BCUT2D eigenvalue weighted by Gasteiger charge is 2.44. The Hall–Kier alpha value is -2.34. The number of piperazine rings is 1. The predicted molar refractivity (Wildman–Crippen MR) is 114 cm³/mol. The molecule has 2 aromatic rings. The Morgan fingerprint density at radius 3 is 2.39 bits per heavy atom. The van der Waals surface area contributed by atoms with Crippen LogP contribution in [0.15, 0.2) is 47.7 Å². The first kappa shape index (κ1) is 19.0. The van der Waals surface area contributed by atoms with Gasteiger partial charge >= 0.3 is 0 Å². The molecule has 4 rings (SSSR count). The van der Waals surface area contributed by atoms with Gasteiger partial charge in [0.15, 0.2) is 5.96 Å². The molecule has 1 aliphatic carbocycles. The summed E-state index contributed by atoms with van der Waals surface area (Å²) in [6.45, 7) is 7.44. The van der Waals surface area contributed by atoms with Crippen LogP contribution in [0.3, 0.4) is 0 Å². The lowest BCUT2D eigenvalue weighted by Gasteiger charge is -2.36. The second kappa shape index (κ2) is 8.35. The molecule has 28 heavy (non-hydrogen) atoms. The maximum absolute atomic E-state index is 6.05. The molecule has 0 unspecified atom stereocenters. The van der Waals surface area contributed by atoms with Gasteiger partial charge in [0.1, 0.15) is 0 Å². The Bertz CT molecular complexity index is 795. The maximum Gasteiger partial charge on any atom is 0.225 e. The number of aromatic nitrogens is 2. The van der Waals surface area contributed by atoms with Gasteiger partial charge in [-0.05, 0) is 43.5 Å². The normalized spacial score (nSPS) is 18.9. The molecule has 0 radical (unpaired) electrons. The fourth-order valence-corrected chi connectivity index (χ4v) is 3.84. The summed E-state index contributed by atoms with van der Waals surface area (Å²) in [5.41, 5.74) is 1.54. The molecule has 1 saturated heterocycles. The van der Waals surface area contributed by atoms with Gasteiger partial charge in [0.05, 0.1) is 6.54 Å². The average molecular weight is 399 g/mol. The Balaban J connectivity index is 1.41. The van der Waals surface area contributed by atoms with Crippen molar-refractivity contribution in [2.75, 3.05) is 44.2 Å². The molecule has 1 aromatic carbocycles. The molecule has 0 bridgehead atoms. The van der Waals surface area contributed by atoms with E-state index in [1.807, 2.05) is 18.2 Å². The fraction of sp³-hybridized carbons (Fsp3) is 0.476. The molecule has 2 heterocycles. The van der Waals surface area contributed by atoms with Crippen LogP contribution in [0.5, 0.6) is 0 Å². The zero-order valence-electron chi connectivity index (χ0n) is 16.3. The van der Waals surface area contributed by atoms with E-state index in [0.717, 1.165) is 56.2 Å². The highest BCUT2D eigenvalue weighted by atomic mass is 35.5. The van der Waals surface area contributed by atoms with E-state index < -0.39 is 0 Å². The third-order valence-corrected chi connectivity index (χ3v) is 5.84. The number of hydrogen-bond acceptors (Lipinski definition) is 4. The van der Waals surface area contributed by atoms with Crippen molar-refractivity contribution < 1.29 is 0 Å². The van der Waals surface area contributed by atoms with Crippen LogP contribution in [0, 0.1) is 0 Å². The van der Waals surface area contributed by atoms with E-state index in [0.29, 0.717) is 0 Å². The number of rotatable bonds is 5. The van der Waals surface area contributed by atoms with Gasteiger partial charge in [-0.2, -0.15) is 0 Å². The molecule has 0 amide bonds. The van der Waals surface area contributed by atoms with Gasteiger partial charge in [0, 0.05) is 55.6 Å². The van der Waals surface area contributed by atoms with Crippen molar-refractivity contribution in [2.45, 2.75) is 25.2 Å². The summed E-state index contributed by atoms with van der Waals surface area (Å²) in [5, 5.41) is 4.26. The van der Waals surface area contributed by atoms with Crippen molar-refractivity contribution >= 4 is 23.5 Å². The number of hydrogen-bond donors (Lipinski definition) is 1. The second-order valence-corrected chi connectivity index (χ2v) is 7.92. The zero-order chi connectivity index (χ0) is 19.4. The van der Waals surface area contributed by atoms with Gasteiger partial charge in [-0.15, -0.1) is 0 Å². The minimum Gasteiger partial charge on any atom is -0.357 e. The third-order valence-electron chi connectivity index (χ3n) is 5.59. The monoisotopic (exact) mass is 398 g/mol. The van der Waals surface area contributed by atoms with Crippen molar-refractivity contribution in [1.29, 1.82) is 0 Å². The molecule has 6 nitrogen and oxygen atoms in total. The second-order valence-electron chi connectivity index (χ2n) is 7.48. The van der Waals surface area contributed by atoms with Gasteiger partial charge in [-0.1, -0.05) is 23.7 Å². The summed E-state index contributed by atoms with van der Waals surface area (Å²) in [7, 11) is 0. The highest BCUT2D eigenvalue weighted by molar-refractivity contribution is 6.30. The SMILES string of the molecule is CCNC(=NCC1(c2ccc(Cl)cc2)CC1)N1CCN(c2ncccn2)CC1. The van der Waals surface area contributed by atoms with Gasteiger partial charge in [-0.25, -0.2) is 9.97 Å². The molecule has 1 N–H and O–H groups in total. The fourth-order valence-electron chi connectivity index (χ4n) is 3.72. The number of nitrogens with one attached hydrogen (secondary N) is 1. The van der Waals surface area contributed by atoms with Crippen LogP contribution in [-0.2, 0) is 5.41 Å². The summed E-state index contributed by atoms with van der Waals surface area (Å²) in [4.78, 5) is 18.3. The van der Waals surface area contributed by atoms with Crippen LogP contribution < -0.4 is 10.2 Å². The largest absolute Gasteiger partial charge is 0.357 e. The lowest BCUT2D eigenvalue weighted by atomic mass is 9.96. The third kappa shape index (κ3) is 4.22. The van der Waals surface area contributed by atoms with Crippen LogP contribution in [0.25, 0.3) is 0 Å². The standard InChI is InChI=1S/C21H27ClN6/c1-2-23-19(26-16-21(8-9-21)17-4-6-18(22)7-5-17)27-12-14-28(15-13-27)20-24-10-3-11-25-20/h3-7,10-11H,2,8-9,12-16H2,1H3,(H,23,26). The molecule has 7 heteroatoms. The van der Waals surface area contributed by atoms with E-state index >= 15 is 0 Å². The minimum atomic E-state index is 0.185. The lowest BCUT2D eigenvalue weighted by molar-refractivity contribution is 0.369. The Kier molecular flexibility index (Phi) is 5.67.